The number of nitro benzene ring substituents is 1. The SMILES string of the molecule is O=[N+]([O-])c1ccc(S[C@@H]2O[C@H](CO)[C@H](OCc3ccccc3)[C@H](OCc3ccccc3)[C@H]2OCc2ccccc2)cc1. The molecule has 0 bridgehead atoms. The monoisotopic (exact) mass is 587 g/mol. The molecule has 4 aromatic rings. The van der Waals surface area contributed by atoms with Crippen LogP contribution in [0.5, 0.6) is 0 Å². The highest BCUT2D eigenvalue weighted by molar-refractivity contribution is 7.99. The number of non-ortho nitro benzene ring substituents is 1. The molecule has 0 aromatic heterocycles. The van der Waals surface area contributed by atoms with Crippen molar-refractivity contribution in [3.63, 3.8) is 0 Å². The molecule has 1 aliphatic heterocycles. The van der Waals surface area contributed by atoms with Crippen molar-refractivity contribution >= 4 is 17.4 Å². The van der Waals surface area contributed by atoms with E-state index in [0.29, 0.717) is 19.8 Å². The number of nitrogens with zero attached hydrogens (tertiary/aromatic N) is 1. The first-order valence-electron chi connectivity index (χ1n) is 13.7. The van der Waals surface area contributed by atoms with E-state index >= 15 is 0 Å². The summed E-state index contributed by atoms with van der Waals surface area (Å²) in [6.45, 7) is 0.650. The molecule has 4 aromatic carbocycles. The molecule has 1 saturated heterocycles. The van der Waals surface area contributed by atoms with Crippen molar-refractivity contribution < 1.29 is 29.0 Å². The van der Waals surface area contributed by atoms with Gasteiger partial charge in [0.2, 0.25) is 0 Å². The van der Waals surface area contributed by atoms with Crippen LogP contribution in [0.15, 0.2) is 120 Å². The Morgan fingerprint density at radius 1 is 0.667 bits per heavy atom. The fourth-order valence-electron chi connectivity index (χ4n) is 4.77. The van der Waals surface area contributed by atoms with E-state index in [0.717, 1.165) is 21.6 Å². The number of aliphatic hydroxyl groups excluding tert-OH is 1. The van der Waals surface area contributed by atoms with Gasteiger partial charge in [-0.25, -0.2) is 0 Å². The van der Waals surface area contributed by atoms with Crippen LogP contribution in [-0.2, 0) is 38.8 Å². The Morgan fingerprint density at radius 3 is 1.57 bits per heavy atom. The van der Waals surface area contributed by atoms with Gasteiger partial charge in [-0.2, -0.15) is 0 Å². The summed E-state index contributed by atoms with van der Waals surface area (Å²) >= 11 is 1.37. The van der Waals surface area contributed by atoms with Gasteiger partial charge in [0.15, 0.2) is 0 Å². The Balaban J connectivity index is 1.44. The van der Waals surface area contributed by atoms with Crippen LogP contribution in [0.1, 0.15) is 16.7 Å². The summed E-state index contributed by atoms with van der Waals surface area (Å²) < 4.78 is 26.0. The van der Waals surface area contributed by atoms with E-state index < -0.39 is 34.8 Å². The lowest BCUT2D eigenvalue weighted by Crippen LogP contribution is -2.60. The molecule has 8 nitrogen and oxygen atoms in total. The van der Waals surface area contributed by atoms with Crippen LogP contribution < -0.4 is 0 Å². The third kappa shape index (κ3) is 8.04. The van der Waals surface area contributed by atoms with E-state index in [1.165, 1.54) is 23.9 Å². The molecule has 0 unspecified atom stereocenters. The topological polar surface area (TPSA) is 100 Å². The van der Waals surface area contributed by atoms with Crippen LogP contribution in [0.3, 0.4) is 0 Å². The molecule has 9 heteroatoms. The average molecular weight is 588 g/mol. The number of thioether (sulfide) groups is 1. The molecule has 0 saturated carbocycles. The molecule has 0 aliphatic carbocycles. The first-order valence-corrected chi connectivity index (χ1v) is 14.6. The zero-order valence-electron chi connectivity index (χ0n) is 22.9. The number of ether oxygens (including phenoxy) is 4. The number of rotatable bonds is 13. The Morgan fingerprint density at radius 2 is 1.12 bits per heavy atom. The fourth-order valence-corrected chi connectivity index (χ4v) is 5.90. The van der Waals surface area contributed by atoms with Gasteiger partial charge in [0.25, 0.3) is 5.69 Å². The van der Waals surface area contributed by atoms with Crippen molar-refractivity contribution in [1.29, 1.82) is 0 Å². The second-order valence-electron chi connectivity index (χ2n) is 9.88. The normalized spacial score (nSPS) is 22.1. The van der Waals surface area contributed by atoms with Gasteiger partial charge in [0.05, 0.1) is 31.4 Å². The largest absolute Gasteiger partial charge is 0.394 e. The third-order valence-electron chi connectivity index (χ3n) is 6.93. The zero-order chi connectivity index (χ0) is 29.1. The quantitative estimate of drug-likeness (QED) is 0.147. The summed E-state index contributed by atoms with van der Waals surface area (Å²) in [7, 11) is 0. The van der Waals surface area contributed by atoms with Crippen LogP contribution >= 0.6 is 11.8 Å². The molecule has 1 aliphatic rings. The molecule has 1 heterocycles. The Hall–Kier alpha value is -3.57. The smallest absolute Gasteiger partial charge is 0.269 e. The van der Waals surface area contributed by atoms with E-state index in [2.05, 4.69) is 0 Å². The van der Waals surface area contributed by atoms with Gasteiger partial charge in [0, 0.05) is 17.0 Å². The summed E-state index contributed by atoms with van der Waals surface area (Å²) in [5.41, 5.74) is 2.38. The number of nitro groups is 1. The van der Waals surface area contributed by atoms with Crippen molar-refractivity contribution in [2.45, 2.75) is 54.6 Å². The minimum absolute atomic E-state index is 0.00692. The maximum atomic E-state index is 11.2. The summed E-state index contributed by atoms with van der Waals surface area (Å²) in [6.07, 6.45) is -2.52. The summed E-state index contributed by atoms with van der Waals surface area (Å²) in [6, 6.07) is 35.8. The molecule has 1 N–H and O–H groups in total. The molecule has 5 rings (SSSR count). The highest BCUT2D eigenvalue weighted by Crippen LogP contribution is 2.38. The number of hydrogen-bond acceptors (Lipinski definition) is 8. The van der Waals surface area contributed by atoms with Crippen LogP contribution in [-0.4, -0.2) is 46.5 Å². The number of hydrogen-bond donors (Lipinski definition) is 1. The first-order chi connectivity index (χ1) is 20.6. The van der Waals surface area contributed by atoms with Gasteiger partial charge in [-0.1, -0.05) is 103 Å². The highest BCUT2D eigenvalue weighted by Gasteiger charge is 2.48. The molecule has 42 heavy (non-hydrogen) atoms. The molecule has 218 valence electrons. The zero-order valence-corrected chi connectivity index (χ0v) is 23.8. The lowest BCUT2D eigenvalue weighted by molar-refractivity contribution is -0.384. The lowest BCUT2D eigenvalue weighted by atomic mass is 9.99. The van der Waals surface area contributed by atoms with E-state index in [4.69, 9.17) is 18.9 Å². The van der Waals surface area contributed by atoms with E-state index in [1.807, 2.05) is 91.0 Å². The van der Waals surface area contributed by atoms with Crippen molar-refractivity contribution in [2.75, 3.05) is 6.61 Å². The van der Waals surface area contributed by atoms with Gasteiger partial charge in [0.1, 0.15) is 29.9 Å². The summed E-state index contributed by atoms with van der Waals surface area (Å²) in [5.74, 6) is 0. The predicted molar refractivity (Wildman–Crippen MR) is 160 cm³/mol. The summed E-state index contributed by atoms with van der Waals surface area (Å²) in [5, 5.41) is 21.6. The molecule has 0 radical (unpaired) electrons. The first kappa shape index (κ1) is 29.9. The molecule has 5 atom stereocenters. The molecular formula is C33H33NO7S. The maximum Gasteiger partial charge on any atom is 0.269 e. The van der Waals surface area contributed by atoms with Crippen LogP contribution in [0, 0.1) is 10.1 Å². The highest BCUT2D eigenvalue weighted by atomic mass is 32.2. The number of aliphatic hydroxyl groups is 1. The number of benzene rings is 4. The van der Waals surface area contributed by atoms with Gasteiger partial charge < -0.3 is 24.1 Å². The Kier molecular flexibility index (Phi) is 10.7. The van der Waals surface area contributed by atoms with E-state index in [1.54, 1.807) is 12.1 Å². The second-order valence-corrected chi connectivity index (χ2v) is 11.0. The Labute approximate surface area is 249 Å². The van der Waals surface area contributed by atoms with Crippen molar-refractivity contribution in [1.82, 2.24) is 0 Å². The van der Waals surface area contributed by atoms with Crippen molar-refractivity contribution in [3.8, 4) is 0 Å². The molecule has 0 amide bonds. The van der Waals surface area contributed by atoms with Gasteiger partial charge in [-0.3, -0.25) is 10.1 Å². The minimum atomic E-state index is -0.693. The third-order valence-corrected chi connectivity index (χ3v) is 8.08. The second kappa shape index (κ2) is 15.1. The van der Waals surface area contributed by atoms with Crippen molar-refractivity contribution in [2.24, 2.45) is 0 Å². The minimum Gasteiger partial charge on any atom is -0.394 e. The van der Waals surface area contributed by atoms with E-state index in [9.17, 15) is 15.2 Å². The molecular weight excluding hydrogens is 554 g/mol. The predicted octanol–water partition coefficient (Wildman–Crippen LogP) is 6.16. The fraction of sp³-hybridized carbons (Fsp3) is 0.273. The maximum absolute atomic E-state index is 11.2. The average Bonchev–Trinajstić information content (AvgIpc) is 3.04. The van der Waals surface area contributed by atoms with Crippen LogP contribution in [0.4, 0.5) is 5.69 Å². The van der Waals surface area contributed by atoms with Crippen LogP contribution in [0.2, 0.25) is 0 Å². The van der Waals surface area contributed by atoms with Crippen LogP contribution in [0.25, 0.3) is 0 Å². The standard InChI is InChI=1S/C33H33NO7S/c35-20-29-30(38-21-24-10-4-1-5-11-24)31(39-22-25-12-6-2-7-13-25)32(40-23-26-14-8-3-9-15-26)33(41-29)42-28-18-16-27(17-19-28)34(36)37/h1-19,29-33,35H,20-23H2/t29-,30+,31+,32-,33+/m1/s1. The van der Waals surface area contributed by atoms with E-state index in [-0.39, 0.29) is 12.3 Å². The summed E-state index contributed by atoms with van der Waals surface area (Å²) in [4.78, 5) is 11.5. The molecule has 1 fully saturated rings. The lowest BCUT2D eigenvalue weighted by Gasteiger charge is -2.45. The molecule has 0 spiro atoms. The van der Waals surface area contributed by atoms with Crippen molar-refractivity contribution in [3.05, 3.63) is 142 Å². The Bertz CT molecular complexity index is 1380. The van der Waals surface area contributed by atoms with Gasteiger partial charge in [-0.15, -0.1) is 0 Å². The van der Waals surface area contributed by atoms with Gasteiger partial charge in [-0.05, 0) is 28.8 Å². The van der Waals surface area contributed by atoms with Gasteiger partial charge >= 0.3 is 0 Å².